The second-order valence-electron chi connectivity index (χ2n) is 5.89. The van der Waals surface area contributed by atoms with Crippen LogP contribution in [0.5, 0.6) is 11.5 Å². The van der Waals surface area contributed by atoms with Gasteiger partial charge in [-0.3, -0.25) is 4.79 Å². The molecule has 25 heavy (non-hydrogen) atoms. The van der Waals surface area contributed by atoms with Crippen molar-refractivity contribution < 1.29 is 19.0 Å². The third-order valence-corrected chi connectivity index (χ3v) is 3.77. The van der Waals surface area contributed by atoms with Gasteiger partial charge in [0.05, 0.1) is 26.4 Å². The summed E-state index contributed by atoms with van der Waals surface area (Å²) < 4.78 is 16.0. The molecule has 1 aromatic rings. The summed E-state index contributed by atoms with van der Waals surface area (Å²) in [5.74, 6) is 0.591. The zero-order valence-corrected chi connectivity index (χ0v) is 14.9. The average molecular weight is 345 g/mol. The minimum Gasteiger partial charge on any atom is -0.493 e. The Morgan fingerprint density at radius 2 is 1.92 bits per heavy atom. The van der Waals surface area contributed by atoms with E-state index in [-0.39, 0.29) is 17.8 Å². The summed E-state index contributed by atoms with van der Waals surface area (Å²) in [5.41, 5.74) is 0.559. The van der Waals surface area contributed by atoms with Crippen molar-refractivity contribution in [2.75, 3.05) is 32.6 Å². The van der Waals surface area contributed by atoms with Crippen LogP contribution in [0.4, 0.5) is 5.69 Å². The number of amides is 1. The van der Waals surface area contributed by atoms with Crippen molar-refractivity contribution in [1.29, 1.82) is 5.26 Å². The van der Waals surface area contributed by atoms with Gasteiger partial charge < -0.3 is 24.4 Å². The van der Waals surface area contributed by atoms with Crippen molar-refractivity contribution in [2.45, 2.75) is 26.1 Å². The van der Waals surface area contributed by atoms with E-state index in [0.29, 0.717) is 30.3 Å². The summed E-state index contributed by atoms with van der Waals surface area (Å²) in [6, 6.07) is 6.98. The number of nitrogens with one attached hydrogen (secondary N) is 1. The largest absolute Gasteiger partial charge is 0.493 e. The van der Waals surface area contributed by atoms with Crippen molar-refractivity contribution in [1.82, 2.24) is 4.90 Å². The molecule has 134 valence electrons. The van der Waals surface area contributed by atoms with Crippen LogP contribution in [0.15, 0.2) is 30.0 Å². The number of carbonyl (C=O) groups excluding carboxylic acids is 1. The van der Waals surface area contributed by atoms with Crippen LogP contribution in [-0.2, 0) is 9.53 Å². The Balaban J connectivity index is 2.12. The number of hydrogen-bond donors (Lipinski definition) is 1. The van der Waals surface area contributed by atoms with E-state index in [1.54, 1.807) is 24.4 Å². The second kappa shape index (κ2) is 8.40. The van der Waals surface area contributed by atoms with Crippen LogP contribution in [0.3, 0.4) is 0 Å². The molecular formula is C18H23N3O4. The van der Waals surface area contributed by atoms with Crippen LogP contribution in [0.1, 0.15) is 13.8 Å². The Hall–Kier alpha value is -2.72. The van der Waals surface area contributed by atoms with Gasteiger partial charge in [0.2, 0.25) is 0 Å². The first-order valence-electron chi connectivity index (χ1n) is 8.01. The van der Waals surface area contributed by atoms with Crippen molar-refractivity contribution in [3.8, 4) is 17.6 Å². The molecular weight excluding hydrogens is 322 g/mol. The number of nitriles is 1. The molecule has 1 aliphatic rings. The van der Waals surface area contributed by atoms with Crippen LogP contribution in [0, 0.1) is 11.3 Å². The smallest absolute Gasteiger partial charge is 0.267 e. The molecule has 0 aliphatic carbocycles. The number of rotatable bonds is 5. The zero-order valence-electron chi connectivity index (χ0n) is 14.9. The van der Waals surface area contributed by atoms with Gasteiger partial charge >= 0.3 is 0 Å². The molecule has 7 nitrogen and oxygen atoms in total. The lowest BCUT2D eigenvalue weighted by atomic mass is 10.2. The highest BCUT2D eigenvalue weighted by Gasteiger charge is 2.22. The van der Waals surface area contributed by atoms with Crippen molar-refractivity contribution in [2.24, 2.45) is 0 Å². The Labute approximate surface area is 147 Å². The quantitative estimate of drug-likeness (QED) is 0.650. The maximum absolute atomic E-state index is 12.4. The lowest BCUT2D eigenvalue weighted by molar-refractivity contribution is -0.112. The fourth-order valence-electron chi connectivity index (χ4n) is 2.76. The SMILES string of the molecule is COc1ccc(NC(=O)/C(C#N)=C\N2CC(C)OC(C)C2)cc1OC. The molecule has 0 saturated carbocycles. The standard InChI is InChI=1S/C18H23N3O4/c1-12-9-21(10-13(2)25-12)11-14(8-19)18(22)20-15-5-6-16(23-3)17(7-15)24-4/h5-7,11-13H,9-10H2,1-4H3,(H,20,22)/b14-11-. The predicted octanol–water partition coefficient (Wildman–Crippen LogP) is 2.16. The number of hydrogen-bond acceptors (Lipinski definition) is 6. The molecule has 0 bridgehead atoms. The van der Waals surface area contributed by atoms with E-state index in [4.69, 9.17) is 14.2 Å². The first-order chi connectivity index (χ1) is 12.0. The van der Waals surface area contributed by atoms with E-state index < -0.39 is 5.91 Å². The van der Waals surface area contributed by atoms with Crippen LogP contribution >= 0.6 is 0 Å². The van der Waals surface area contributed by atoms with Crippen LogP contribution in [-0.4, -0.2) is 50.3 Å². The molecule has 1 aliphatic heterocycles. The summed E-state index contributed by atoms with van der Waals surface area (Å²) in [7, 11) is 3.06. The highest BCUT2D eigenvalue weighted by molar-refractivity contribution is 6.06. The second-order valence-corrected chi connectivity index (χ2v) is 5.89. The van der Waals surface area contributed by atoms with Gasteiger partial charge in [0.1, 0.15) is 11.6 Å². The third kappa shape index (κ3) is 4.88. The van der Waals surface area contributed by atoms with Gasteiger partial charge in [0.25, 0.3) is 5.91 Å². The Morgan fingerprint density at radius 1 is 1.28 bits per heavy atom. The van der Waals surface area contributed by atoms with Crippen LogP contribution in [0.25, 0.3) is 0 Å². The molecule has 1 saturated heterocycles. The number of nitrogens with zero attached hydrogens (tertiary/aromatic N) is 2. The maximum Gasteiger partial charge on any atom is 0.267 e. The van der Waals surface area contributed by atoms with Gasteiger partial charge in [-0.25, -0.2) is 0 Å². The number of methoxy groups -OCH3 is 2. The van der Waals surface area contributed by atoms with E-state index in [1.807, 2.05) is 24.8 Å². The first-order valence-corrected chi connectivity index (χ1v) is 8.01. The normalized spacial score (nSPS) is 20.6. The molecule has 2 unspecified atom stereocenters. The van der Waals surface area contributed by atoms with Gasteiger partial charge in [0, 0.05) is 31.0 Å². The van der Waals surface area contributed by atoms with Gasteiger partial charge in [-0.05, 0) is 26.0 Å². The zero-order chi connectivity index (χ0) is 18.4. The molecule has 0 aromatic heterocycles. The molecule has 7 heteroatoms. The van der Waals surface area contributed by atoms with E-state index in [0.717, 1.165) is 0 Å². The molecule has 1 aromatic carbocycles. The van der Waals surface area contributed by atoms with Crippen LogP contribution < -0.4 is 14.8 Å². The summed E-state index contributed by atoms with van der Waals surface area (Å²) in [6.07, 6.45) is 1.69. The number of anilines is 1. The molecule has 1 amide bonds. The lowest BCUT2D eigenvalue weighted by Gasteiger charge is -2.34. The minimum absolute atomic E-state index is 0.0380. The average Bonchev–Trinajstić information content (AvgIpc) is 2.58. The fourth-order valence-corrected chi connectivity index (χ4v) is 2.76. The summed E-state index contributed by atoms with van der Waals surface area (Å²) in [4.78, 5) is 14.3. The summed E-state index contributed by atoms with van der Waals surface area (Å²) >= 11 is 0. The maximum atomic E-state index is 12.4. The highest BCUT2D eigenvalue weighted by Crippen LogP contribution is 2.29. The monoisotopic (exact) mass is 345 g/mol. The van der Waals surface area contributed by atoms with Gasteiger partial charge in [-0.15, -0.1) is 0 Å². The van der Waals surface area contributed by atoms with Crippen LogP contribution in [0.2, 0.25) is 0 Å². The molecule has 0 radical (unpaired) electrons. The van der Waals surface area contributed by atoms with E-state index in [9.17, 15) is 10.1 Å². The molecule has 2 atom stereocenters. The summed E-state index contributed by atoms with van der Waals surface area (Å²) in [5, 5.41) is 12.0. The number of ether oxygens (including phenoxy) is 3. The fraction of sp³-hybridized carbons (Fsp3) is 0.444. The van der Waals surface area contributed by atoms with Gasteiger partial charge in [-0.1, -0.05) is 0 Å². The van der Waals surface area contributed by atoms with Gasteiger partial charge in [0.15, 0.2) is 11.5 Å². The Kier molecular flexibility index (Phi) is 6.25. The van der Waals surface area contributed by atoms with Crippen molar-refractivity contribution >= 4 is 11.6 Å². The number of benzene rings is 1. The van der Waals surface area contributed by atoms with Crippen molar-refractivity contribution in [3.05, 3.63) is 30.0 Å². The lowest BCUT2D eigenvalue weighted by Crippen LogP contribution is -2.43. The molecule has 1 N–H and O–H groups in total. The predicted molar refractivity (Wildman–Crippen MR) is 93.5 cm³/mol. The minimum atomic E-state index is -0.471. The number of carbonyl (C=O) groups is 1. The molecule has 1 heterocycles. The summed E-state index contributed by atoms with van der Waals surface area (Å²) in [6.45, 7) is 5.21. The topological polar surface area (TPSA) is 83.8 Å². The Bertz CT molecular complexity index is 686. The van der Waals surface area contributed by atoms with Gasteiger partial charge in [-0.2, -0.15) is 5.26 Å². The molecule has 2 rings (SSSR count). The first kappa shape index (κ1) is 18.6. The molecule has 0 spiro atoms. The molecule has 1 fully saturated rings. The van der Waals surface area contributed by atoms with Crippen molar-refractivity contribution in [3.63, 3.8) is 0 Å². The highest BCUT2D eigenvalue weighted by atomic mass is 16.5. The van der Waals surface area contributed by atoms with E-state index in [1.165, 1.54) is 14.2 Å². The Morgan fingerprint density at radius 3 is 2.48 bits per heavy atom. The van der Waals surface area contributed by atoms with E-state index in [2.05, 4.69) is 5.32 Å². The number of morpholine rings is 1. The third-order valence-electron chi connectivity index (χ3n) is 3.77. The van der Waals surface area contributed by atoms with E-state index >= 15 is 0 Å².